The molecule has 0 aromatic heterocycles. The lowest BCUT2D eigenvalue weighted by atomic mass is 9.46. The smallest absolute Gasteiger partial charge is 0.326 e. The van der Waals surface area contributed by atoms with E-state index in [9.17, 15) is 24.6 Å². The minimum Gasteiger partial charge on any atom is -0.480 e. The molecule has 46 heavy (non-hydrogen) atoms. The average Bonchev–Trinajstić information content (AvgIpc) is 3.30. The summed E-state index contributed by atoms with van der Waals surface area (Å²) in [5.74, 6) is 1.81. The highest BCUT2D eigenvalue weighted by atomic mass is 16.6. The van der Waals surface area contributed by atoms with Crippen molar-refractivity contribution in [2.24, 2.45) is 39.7 Å². The highest BCUT2D eigenvalue weighted by Crippen LogP contribution is 2.67. The van der Waals surface area contributed by atoms with Gasteiger partial charge in [0.25, 0.3) is 5.91 Å². The van der Waals surface area contributed by atoms with Crippen LogP contribution in [-0.2, 0) is 25.6 Å². The summed E-state index contributed by atoms with van der Waals surface area (Å²) in [4.78, 5) is 43.2. The lowest BCUT2D eigenvalue weighted by Gasteiger charge is -2.58. The molecule has 0 heterocycles. The van der Waals surface area contributed by atoms with Crippen LogP contribution in [0.1, 0.15) is 84.6 Å². The number of carbonyl (C=O) groups excluding carboxylic acids is 2. The summed E-state index contributed by atoms with van der Waals surface area (Å²) >= 11 is 0. The van der Waals surface area contributed by atoms with Gasteiger partial charge in [0.1, 0.15) is 17.7 Å². The number of carboxylic acids is 1. The number of nitrogens with one attached hydrogen (secondary N) is 2. The molecule has 9 heteroatoms. The average molecular weight is 632 g/mol. The molecular weight excluding hydrogens is 582 g/mol. The Morgan fingerprint density at radius 2 is 1.76 bits per heavy atom. The van der Waals surface area contributed by atoms with Gasteiger partial charge in [0.15, 0.2) is 6.61 Å². The van der Waals surface area contributed by atoms with Gasteiger partial charge in [-0.25, -0.2) is 4.79 Å². The van der Waals surface area contributed by atoms with Crippen LogP contribution in [0.2, 0.25) is 0 Å². The van der Waals surface area contributed by atoms with Crippen LogP contribution < -0.4 is 10.6 Å². The Morgan fingerprint density at radius 1 is 1.04 bits per heavy atom. The second kappa shape index (κ2) is 13.2. The molecule has 3 saturated carbocycles. The number of rotatable bonds is 10. The normalized spacial score (nSPS) is 33.8. The van der Waals surface area contributed by atoms with Crippen molar-refractivity contribution in [2.75, 3.05) is 6.61 Å². The third-order valence-electron chi connectivity index (χ3n) is 11.9. The van der Waals surface area contributed by atoms with Gasteiger partial charge < -0.3 is 25.7 Å². The standard InChI is InChI=1S/C37H49N3O6/c1-6-37(45)19-16-29-27-13-12-25-21-26(14-17-35(25,4)28(27)15-18-36(29,37)5)40-46-22-31(41)39-32(23(2)3)33(42)38-30(34(43)44)20-24-10-8-7-9-11-24/h1,7-11,21,23,27-30,32,45H,12-20,22H2,2-5H3,(H,38,42)(H,39,41)(H,43,44)/t27-,28-,29-,30+,32+,35+,36+,37-/m1/s1. The van der Waals surface area contributed by atoms with Gasteiger partial charge in [0.2, 0.25) is 5.91 Å². The molecule has 1 aromatic rings. The van der Waals surface area contributed by atoms with Gasteiger partial charge in [-0.05, 0) is 92.1 Å². The number of carboxylic acid groups (broad SMARTS) is 1. The number of fused-ring (bicyclic) bond motifs is 5. The Morgan fingerprint density at radius 3 is 2.43 bits per heavy atom. The molecular formula is C37H49N3O6. The molecule has 248 valence electrons. The molecule has 4 aliphatic rings. The van der Waals surface area contributed by atoms with Crippen LogP contribution in [0.15, 0.2) is 47.1 Å². The van der Waals surface area contributed by atoms with Crippen molar-refractivity contribution in [2.45, 2.75) is 103 Å². The third-order valence-corrected chi connectivity index (χ3v) is 11.9. The monoisotopic (exact) mass is 631 g/mol. The first kappa shape index (κ1) is 33.7. The van der Waals surface area contributed by atoms with Crippen LogP contribution in [0.3, 0.4) is 0 Å². The SMILES string of the molecule is C#C[C@@]1(O)CC[C@@H]2[C@@H]3CCC4=CC(=NOCC(=O)N[C@H](C(=O)N[C@@H](Cc5ccccc5)C(=O)O)C(C)C)CC[C@]4(C)[C@@H]3CC[C@@]21C. The van der Waals surface area contributed by atoms with E-state index in [4.69, 9.17) is 11.3 Å². The van der Waals surface area contributed by atoms with Crippen molar-refractivity contribution in [3.05, 3.63) is 47.5 Å². The Bertz CT molecular complexity index is 1430. The molecule has 2 amide bonds. The first-order valence-electron chi connectivity index (χ1n) is 16.8. The first-order chi connectivity index (χ1) is 21.8. The number of amides is 2. The minimum atomic E-state index is -1.15. The number of oxime groups is 1. The van der Waals surface area contributed by atoms with Gasteiger partial charge in [0, 0.05) is 11.8 Å². The highest BCUT2D eigenvalue weighted by Gasteiger charge is 2.63. The van der Waals surface area contributed by atoms with E-state index in [1.54, 1.807) is 26.0 Å². The number of benzene rings is 1. The Labute approximate surface area is 272 Å². The van der Waals surface area contributed by atoms with Gasteiger partial charge in [-0.2, -0.15) is 0 Å². The van der Waals surface area contributed by atoms with E-state index in [2.05, 4.69) is 41.6 Å². The van der Waals surface area contributed by atoms with Gasteiger partial charge in [-0.1, -0.05) is 74.7 Å². The second-order valence-electron chi connectivity index (χ2n) is 14.7. The summed E-state index contributed by atoms with van der Waals surface area (Å²) in [6.07, 6.45) is 15.6. The number of allylic oxidation sites excluding steroid dienone is 2. The first-order valence-corrected chi connectivity index (χ1v) is 16.8. The lowest BCUT2D eigenvalue weighted by Crippen LogP contribution is -2.54. The molecule has 8 atom stereocenters. The van der Waals surface area contributed by atoms with E-state index in [-0.39, 0.29) is 29.8 Å². The molecule has 3 fully saturated rings. The van der Waals surface area contributed by atoms with Crippen molar-refractivity contribution in [1.29, 1.82) is 0 Å². The molecule has 0 radical (unpaired) electrons. The predicted molar refractivity (Wildman–Crippen MR) is 175 cm³/mol. The van der Waals surface area contributed by atoms with E-state index < -0.39 is 35.5 Å². The number of carbonyl (C=O) groups is 3. The van der Waals surface area contributed by atoms with Crippen molar-refractivity contribution >= 4 is 23.5 Å². The molecule has 9 nitrogen and oxygen atoms in total. The van der Waals surface area contributed by atoms with E-state index >= 15 is 0 Å². The number of aliphatic hydroxyl groups is 1. The van der Waals surface area contributed by atoms with Crippen LogP contribution in [-0.4, -0.2) is 58.0 Å². The van der Waals surface area contributed by atoms with E-state index in [0.717, 1.165) is 56.2 Å². The summed E-state index contributed by atoms with van der Waals surface area (Å²) in [5, 5.41) is 30.5. The molecule has 0 unspecified atom stereocenters. The zero-order valence-corrected chi connectivity index (χ0v) is 27.6. The molecule has 0 saturated heterocycles. The maximum Gasteiger partial charge on any atom is 0.326 e. The van der Waals surface area contributed by atoms with Crippen LogP contribution in [0.4, 0.5) is 0 Å². The molecule has 0 spiro atoms. The summed E-state index contributed by atoms with van der Waals surface area (Å²) < 4.78 is 0. The zero-order chi connectivity index (χ0) is 33.3. The molecule has 4 aliphatic carbocycles. The van der Waals surface area contributed by atoms with Gasteiger partial charge >= 0.3 is 5.97 Å². The van der Waals surface area contributed by atoms with Crippen molar-refractivity contribution in [3.63, 3.8) is 0 Å². The number of hydrogen-bond donors (Lipinski definition) is 4. The number of terminal acetylenes is 1. The van der Waals surface area contributed by atoms with Crippen molar-refractivity contribution < 1.29 is 29.4 Å². The van der Waals surface area contributed by atoms with E-state index in [0.29, 0.717) is 24.2 Å². The maximum atomic E-state index is 13.1. The largest absolute Gasteiger partial charge is 0.480 e. The summed E-state index contributed by atoms with van der Waals surface area (Å²) in [6, 6.07) is 7.02. The number of aliphatic carboxylic acids is 1. The second-order valence-corrected chi connectivity index (χ2v) is 14.7. The van der Waals surface area contributed by atoms with E-state index in [1.807, 2.05) is 18.2 Å². The summed E-state index contributed by atoms with van der Waals surface area (Å²) in [7, 11) is 0. The predicted octanol–water partition coefficient (Wildman–Crippen LogP) is 4.64. The summed E-state index contributed by atoms with van der Waals surface area (Å²) in [5.41, 5.74) is 1.84. The van der Waals surface area contributed by atoms with Gasteiger partial charge in [-0.3, -0.25) is 9.59 Å². The van der Waals surface area contributed by atoms with Gasteiger partial charge in [-0.15, -0.1) is 6.42 Å². The van der Waals surface area contributed by atoms with E-state index in [1.165, 1.54) is 5.57 Å². The van der Waals surface area contributed by atoms with Crippen LogP contribution in [0.25, 0.3) is 0 Å². The Kier molecular flexibility index (Phi) is 9.70. The number of nitrogens with zero attached hydrogens (tertiary/aromatic N) is 1. The lowest BCUT2D eigenvalue weighted by molar-refractivity contribution is -0.142. The fourth-order valence-electron chi connectivity index (χ4n) is 9.13. The maximum absolute atomic E-state index is 13.1. The third kappa shape index (κ3) is 6.33. The number of hydrogen-bond acceptors (Lipinski definition) is 6. The quantitative estimate of drug-likeness (QED) is 0.219. The molecule has 5 rings (SSSR count). The molecule has 4 N–H and O–H groups in total. The zero-order valence-electron chi connectivity index (χ0n) is 27.6. The minimum absolute atomic E-state index is 0.0731. The van der Waals surface area contributed by atoms with Crippen LogP contribution >= 0.6 is 0 Å². The van der Waals surface area contributed by atoms with Crippen molar-refractivity contribution in [1.82, 2.24) is 10.6 Å². The highest BCUT2D eigenvalue weighted by molar-refractivity contribution is 5.96. The summed E-state index contributed by atoms with van der Waals surface area (Å²) in [6.45, 7) is 7.82. The molecule has 0 bridgehead atoms. The van der Waals surface area contributed by atoms with Crippen LogP contribution in [0.5, 0.6) is 0 Å². The van der Waals surface area contributed by atoms with Crippen LogP contribution in [0, 0.1) is 46.8 Å². The topological polar surface area (TPSA) is 137 Å². The fraction of sp³-hybridized carbons (Fsp3) is 0.622. The Hall–Kier alpha value is -3.64. The molecule has 1 aromatic carbocycles. The van der Waals surface area contributed by atoms with Gasteiger partial charge in [0.05, 0.1) is 5.71 Å². The Balaban J connectivity index is 1.16. The molecule has 0 aliphatic heterocycles. The van der Waals surface area contributed by atoms with Crippen molar-refractivity contribution in [3.8, 4) is 12.3 Å². The fourth-order valence-corrected chi connectivity index (χ4v) is 9.13.